The molecule has 2 aromatic rings. The lowest BCUT2D eigenvalue weighted by molar-refractivity contribution is 0.0867. The molecule has 1 aliphatic rings. The third kappa shape index (κ3) is 2.62. The van der Waals surface area contributed by atoms with Crippen LogP contribution in [0.15, 0.2) is 28.3 Å². The van der Waals surface area contributed by atoms with Crippen LogP contribution in [0.2, 0.25) is 0 Å². The Kier molecular flexibility index (Phi) is 3.85. The molecule has 0 aliphatic heterocycles. The van der Waals surface area contributed by atoms with Crippen LogP contribution in [-0.4, -0.2) is 10.9 Å². The second kappa shape index (κ2) is 5.64. The van der Waals surface area contributed by atoms with E-state index in [9.17, 15) is 4.79 Å². The molecule has 2 aromatic heterocycles. The Morgan fingerprint density at radius 1 is 1.43 bits per heavy atom. The highest BCUT2D eigenvalue weighted by Gasteiger charge is 2.40. The molecule has 21 heavy (non-hydrogen) atoms. The first-order chi connectivity index (χ1) is 10.1. The largest absolute Gasteiger partial charge is 0.459 e. The van der Waals surface area contributed by atoms with E-state index in [2.05, 4.69) is 24.1 Å². The highest BCUT2D eigenvalue weighted by atomic mass is 32.1. The summed E-state index contributed by atoms with van der Waals surface area (Å²) < 4.78 is 5.43. The van der Waals surface area contributed by atoms with Gasteiger partial charge in [0.1, 0.15) is 5.01 Å². The van der Waals surface area contributed by atoms with Gasteiger partial charge in [0, 0.05) is 17.1 Å². The van der Waals surface area contributed by atoms with E-state index in [0.29, 0.717) is 5.76 Å². The number of nitrogens with one attached hydrogen (secondary N) is 1. The monoisotopic (exact) mass is 304 g/mol. The zero-order valence-electron chi connectivity index (χ0n) is 12.4. The van der Waals surface area contributed by atoms with E-state index in [-0.39, 0.29) is 17.4 Å². The molecule has 5 heteroatoms. The number of hydrogen-bond donors (Lipinski definition) is 1. The summed E-state index contributed by atoms with van der Waals surface area (Å²) in [5.74, 6) is 0.581. The second-order valence-corrected chi connectivity index (χ2v) is 6.83. The smallest absolute Gasteiger partial charge is 0.288 e. The zero-order valence-corrected chi connectivity index (χ0v) is 13.2. The van der Waals surface area contributed by atoms with Crippen LogP contribution < -0.4 is 5.32 Å². The van der Waals surface area contributed by atoms with Gasteiger partial charge in [-0.05, 0) is 24.8 Å². The first-order valence-electron chi connectivity index (χ1n) is 7.42. The van der Waals surface area contributed by atoms with E-state index in [4.69, 9.17) is 4.42 Å². The third-order valence-corrected chi connectivity index (χ3v) is 5.15. The molecule has 112 valence electrons. The molecular weight excluding hydrogens is 284 g/mol. The van der Waals surface area contributed by atoms with Gasteiger partial charge in [-0.2, -0.15) is 0 Å². The van der Waals surface area contributed by atoms with Gasteiger partial charge in [-0.25, -0.2) is 4.98 Å². The van der Waals surface area contributed by atoms with Gasteiger partial charge in [0.2, 0.25) is 0 Å². The Labute approximate surface area is 128 Å². The molecule has 1 amide bonds. The summed E-state index contributed by atoms with van der Waals surface area (Å²) in [6, 6.07) is 1.88. The van der Waals surface area contributed by atoms with Crippen LogP contribution in [0.5, 0.6) is 0 Å². The summed E-state index contributed by atoms with van der Waals surface area (Å²) in [5, 5.41) is 6.18. The second-order valence-electron chi connectivity index (χ2n) is 5.94. The van der Waals surface area contributed by atoms with Gasteiger partial charge in [-0.15, -0.1) is 11.3 Å². The van der Waals surface area contributed by atoms with Gasteiger partial charge in [-0.3, -0.25) is 4.79 Å². The van der Waals surface area contributed by atoms with Crippen molar-refractivity contribution in [1.82, 2.24) is 10.3 Å². The van der Waals surface area contributed by atoms with Crippen molar-refractivity contribution in [1.29, 1.82) is 0 Å². The predicted molar refractivity (Wildman–Crippen MR) is 82.5 cm³/mol. The Morgan fingerprint density at radius 3 is 2.81 bits per heavy atom. The lowest BCUT2D eigenvalue weighted by Crippen LogP contribution is -2.43. The third-order valence-electron chi connectivity index (χ3n) is 4.18. The fraction of sp³-hybridized carbons (Fsp3) is 0.500. The molecule has 0 unspecified atom stereocenters. The van der Waals surface area contributed by atoms with Gasteiger partial charge in [0.15, 0.2) is 5.76 Å². The van der Waals surface area contributed by atoms with Crippen molar-refractivity contribution in [2.24, 2.45) is 0 Å². The normalized spacial score (nSPS) is 17.3. The van der Waals surface area contributed by atoms with Crippen LogP contribution in [0.4, 0.5) is 0 Å². The van der Waals surface area contributed by atoms with Crippen molar-refractivity contribution in [3.63, 3.8) is 0 Å². The standard InChI is InChI=1S/C16H20N2O2S/c1-11(2)12-5-9-20-13(12)14(19)18-16(6-3-4-7-16)15-17-8-10-21-15/h5,8-11H,3-4,6-7H2,1-2H3,(H,18,19). The van der Waals surface area contributed by atoms with E-state index >= 15 is 0 Å². The fourth-order valence-corrected chi connectivity index (χ4v) is 3.92. The number of aromatic nitrogens is 1. The number of carbonyl (C=O) groups excluding carboxylic acids is 1. The maximum absolute atomic E-state index is 12.7. The lowest BCUT2D eigenvalue weighted by Gasteiger charge is -2.28. The van der Waals surface area contributed by atoms with Crippen LogP contribution >= 0.6 is 11.3 Å². The molecule has 2 heterocycles. The van der Waals surface area contributed by atoms with E-state index in [1.807, 2.05) is 11.4 Å². The Hall–Kier alpha value is -1.62. The number of nitrogens with zero attached hydrogens (tertiary/aromatic N) is 1. The molecule has 0 radical (unpaired) electrons. The van der Waals surface area contributed by atoms with E-state index in [1.54, 1.807) is 23.8 Å². The topological polar surface area (TPSA) is 55.1 Å². The average molecular weight is 304 g/mol. The number of furan rings is 1. The van der Waals surface area contributed by atoms with E-state index < -0.39 is 0 Å². The molecule has 0 spiro atoms. The Balaban J connectivity index is 1.87. The minimum atomic E-state index is -0.313. The molecule has 1 saturated carbocycles. The molecule has 4 nitrogen and oxygen atoms in total. The predicted octanol–water partition coefficient (Wildman–Crippen LogP) is 4.06. The molecule has 0 bridgehead atoms. The SMILES string of the molecule is CC(C)c1ccoc1C(=O)NC1(c2nccs2)CCCC1. The van der Waals surface area contributed by atoms with Crippen molar-refractivity contribution in [3.05, 3.63) is 40.2 Å². The zero-order chi connectivity index (χ0) is 14.9. The molecular formula is C16H20N2O2S. The fourth-order valence-electron chi connectivity index (χ4n) is 3.06. The van der Waals surface area contributed by atoms with Crippen LogP contribution in [0.1, 0.15) is 66.6 Å². The summed E-state index contributed by atoms with van der Waals surface area (Å²) in [5.41, 5.74) is 0.645. The number of thiazole rings is 1. The highest BCUT2D eigenvalue weighted by molar-refractivity contribution is 7.09. The minimum Gasteiger partial charge on any atom is -0.459 e. The quantitative estimate of drug-likeness (QED) is 0.926. The summed E-state index contributed by atoms with van der Waals surface area (Å²) >= 11 is 1.61. The molecule has 1 fully saturated rings. The number of carbonyl (C=O) groups is 1. The van der Waals surface area contributed by atoms with E-state index in [0.717, 1.165) is 36.3 Å². The molecule has 3 rings (SSSR count). The maximum atomic E-state index is 12.7. The summed E-state index contributed by atoms with van der Waals surface area (Å²) in [4.78, 5) is 17.1. The number of amides is 1. The maximum Gasteiger partial charge on any atom is 0.288 e. The lowest BCUT2D eigenvalue weighted by atomic mass is 9.97. The van der Waals surface area contributed by atoms with Crippen LogP contribution in [-0.2, 0) is 5.54 Å². The Bertz CT molecular complexity index is 610. The number of hydrogen-bond acceptors (Lipinski definition) is 4. The highest BCUT2D eigenvalue weighted by Crippen LogP contribution is 2.40. The van der Waals surface area contributed by atoms with Crippen LogP contribution in [0.3, 0.4) is 0 Å². The van der Waals surface area contributed by atoms with Crippen LogP contribution in [0, 0.1) is 0 Å². The first kappa shape index (κ1) is 14.3. The number of rotatable bonds is 4. The van der Waals surface area contributed by atoms with Crippen molar-refractivity contribution >= 4 is 17.2 Å². The van der Waals surface area contributed by atoms with Crippen LogP contribution in [0.25, 0.3) is 0 Å². The summed E-state index contributed by atoms with van der Waals surface area (Å²) in [7, 11) is 0. The molecule has 1 N–H and O–H groups in total. The van der Waals surface area contributed by atoms with Gasteiger partial charge >= 0.3 is 0 Å². The average Bonchev–Trinajstić information content (AvgIpc) is 3.20. The van der Waals surface area contributed by atoms with Crippen molar-refractivity contribution < 1.29 is 9.21 Å². The van der Waals surface area contributed by atoms with Crippen molar-refractivity contribution in [2.45, 2.75) is 51.0 Å². The Morgan fingerprint density at radius 2 is 2.19 bits per heavy atom. The summed E-state index contributed by atoms with van der Waals surface area (Å²) in [6.45, 7) is 4.13. The first-order valence-corrected chi connectivity index (χ1v) is 8.30. The molecule has 0 aromatic carbocycles. The van der Waals surface area contributed by atoms with Crippen molar-refractivity contribution in [3.8, 4) is 0 Å². The molecule has 0 atom stereocenters. The van der Waals surface area contributed by atoms with E-state index in [1.165, 1.54) is 0 Å². The molecule has 1 aliphatic carbocycles. The van der Waals surface area contributed by atoms with Gasteiger partial charge in [0.25, 0.3) is 5.91 Å². The van der Waals surface area contributed by atoms with Crippen molar-refractivity contribution in [2.75, 3.05) is 0 Å². The summed E-state index contributed by atoms with van der Waals surface area (Å²) in [6.07, 6.45) is 7.53. The van der Waals surface area contributed by atoms with Gasteiger partial charge in [0.05, 0.1) is 11.8 Å². The van der Waals surface area contributed by atoms with Gasteiger partial charge < -0.3 is 9.73 Å². The minimum absolute atomic E-state index is 0.124. The van der Waals surface area contributed by atoms with Gasteiger partial charge in [-0.1, -0.05) is 26.7 Å². The molecule has 0 saturated heterocycles.